The number of halogens is 1. The molecule has 3 heteroatoms. The summed E-state index contributed by atoms with van der Waals surface area (Å²) in [7, 11) is 0. The van der Waals surface area contributed by atoms with Crippen LogP contribution in [0.25, 0.3) is 11.0 Å². The number of hydrogen-bond donors (Lipinski definition) is 1. The van der Waals surface area contributed by atoms with Crippen LogP contribution in [0.2, 0.25) is 0 Å². The Balaban J connectivity index is 1.83. The fourth-order valence-corrected chi connectivity index (χ4v) is 2.41. The molecule has 1 aromatic heterocycles. The van der Waals surface area contributed by atoms with E-state index in [2.05, 4.69) is 28.1 Å². The third kappa shape index (κ3) is 1.89. The van der Waals surface area contributed by atoms with Crippen LogP contribution < -0.4 is 5.73 Å². The van der Waals surface area contributed by atoms with Gasteiger partial charge in [-0.2, -0.15) is 0 Å². The van der Waals surface area contributed by atoms with Gasteiger partial charge >= 0.3 is 0 Å². The van der Waals surface area contributed by atoms with Gasteiger partial charge in [0.05, 0.1) is 4.47 Å². The van der Waals surface area contributed by atoms with Gasteiger partial charge in [-0.05, 0) is 59.3 Å². The van der Waals surface area contributed by atoms with E-state index in [0.717, 1.165) is 28.3 Å². The minimum Gasteiger partial charge on any atom is -0.463 e. The molecule has 2 N–H and O–H groups in total. The molecule has 1 aromatic carbocycles. The van der Waals surface area contributed by atoms with Gasteiger partial charge in [0.15, 0.2) is 0 Å². The van der Waals surface area contributed by atoms with Gasteiger partial charge in [-0.15, -0.1) is 0 Å². The van der Waals surface area contributed by atoms with Gasteiger partial charge in [-0.25, -0.2) is 0 Å². The molecule has 3 rings (SSSR count). The van der Waals surface area contributed by atoms with Gasteiger partial charge in [-0.3, -0.25) is 0 Å². The Morgan fingerprint density at radius 3 is 2.94 bits per heavy atom. The van der Waals surface area contributed by atoms with Crippen LogP contribution in [0.4, 0.5) is 0 Å². The van der Waals surface area contributed by atoms with Crippen LogP contribution in [0, 0.1) is 0 Å². The number of aryl methyl sites for hydroxylation is 1. The molecule has 2 aromatic rings. The summed E-state index contributed by atoms with van der Waals surface area (Å²) < 4.78 is 6.42. The monoisotopic (exact) mass is 279 g/mol. The maximum atomic E-state index is 6.09. The zero-order valence-electron chi connectivity index (χ0n) is 9.00. The number of furan rings is 1. The Morgan fingerprint density at radius 2 is 2.19 bits per heavy atom. The van der Waals surface area contributed by atoms with Crippen molar-refractivity contribution in [3.63, 3.8) is 0 Å². The Hall–Kier alpha value is -0.800. The van der Waals surface area contributed by atoms with Crippen LogP contribution in [0.15, 0.2) is 33.4 Å². The summed E-state index contributed by atoms with van der Waals surface area (Å²) in [6.07, 6.45) is 6.26. The van der Waals surface area contributed by atoms with Crippen LogP contribution in [0.3, 0.4) is 0 Å². The summed E-state index contributed by atoms with van der Waals surface area (Å²) in [5.74, 6) is 0. The minimum absolute atomic E-state index is 0.141. The van der Waals surface area contributed by atoms with Gasteiger partial charge < -0.3 is 10.2 Å². The number of rotatable bonds is 3. The molecule has 0 bridgehead atoms. The maximum Gasteiger partial charge on any atom is 0.135 e. The second-order valence-electron chi connectivity index (χ2n) is 4.78. The molecule has 0 amide bonds. The predicted molar refractivity (Wildman–Crippen MR) is 68.4 cm³/mol. The van der Waals surface area contributed by atoms with E-state index < -0.39 is 0 Å². The third-order valence-electron chi connectivity index (χ3n) is 3.39. The predicted octanol–water partition coefficient (Wildman–Crippen LogP) is 3.62. The molecule has 1 aliphatic rings. The van der Waals surface area contributed by atoms with Gasteiger partial charge in [0.1, 0.15) is 11.8 Å². The van der Waals surface area contributed by atoms with Gasteiger partial charge in [-0.1, -0.05) is 6.07 Å². The summed E-state index contributed by atoms with van der Waals surface area (Å²) in [4.78, 5) is 0. The average Bonchev–Trinajstić information content (AvgIpc) is 2.92. The number of nitrogens with two attached hydrogens (primary N) is 1. The molecule has 0 spiro atoms. The van der Waals surface area contributed by atoms with Crippen molar-refractivity contribution in [2.24, 2.45) is 5.73 Å². The number of benzene rings is 1. The van der Waals surface area contributed by atoms with Crippen molar-refractivity contribution in [2.45, 2.75) is 31.2 Å². The molecule has 1 fully saturated rings. The van der Waals surface area contributed by atoms with Crippen LogP contribution in [-0.4, -0.2) is 5.54 Å². The molecule has 0 aliphatic heterocycles. The lowest BCUT2D eigenvalue weighted by molar-refractivity contribution is 0.607. The summed E-state index contributed by atoms with van der Waals surface area (Å²) in [5, 5.41) is 1.15. The van der Waals surface area contributed by atoms with E-state index in [9.17, 15) is 0 Å². The highest BCUT2D eigenvalue weighted by molar-refractivity contribution is 9.10. The standard InChI is InChI=1S/C13H14BrNO/c14-11-8-16-12-2-1-9(7-10(11)12)3-4-13(15)5-6-13/h1-2,7-8H,3-6,15H2. The Bertz CT molecular complexity index is 528. The molecule has 1 saturated carbocycles. The average molecular weight is 280 g/mol. The first-order valence-corrected chi connectivity index (χ1v) is 6.40. The lowest BCUT2D eigenvalue weighted by Gasteiger charge is -2.07. The fraction of sp³-hybridized carbons (Fsp3) is 0.385. The highest BCUT2D eigenvalue weighted by atomic mass is 79.9. The number of fused-ring (bicyclic) bond motifs is 1. The van der Waals surface area contributed by atoms with Crippen LogP contribution in [0.1, 0.15) is 24.8 Å². The fourth-order valence-electron chi connectivity index (χ4n) is 2.00. The molecule has 1 heterocycles. The molecule has 0 atom stereocenters. The molecule has 0 unspecified atom stereocenters. The first kappa shape index (κ1) is 10.4. The molecular formula is C13H14BrNO. The van der Waals surface area contributed by atoms with Crippen LogP contribution >= 0.6 is 15.9 Å². The highest BCUT2D eigenvalue weighted by Crippen LogP contribution is 2.37. The Kier molecular flexibility index (Phi) is 2.33. The van der Waals surface area contributed by atoms with Crippen molar-refractivity contribution in [1.82, 2.24) is 0 Å². The SMILES string of the molecule is NC1(CCc2ccc3occ(Br)c3c2)CC1. The molecule has 0 saturated heterocycles. The molecule has 0 radical (unpaired) electrons. The zero-order valence-corrected chi connectivity index (χ0v) is 10.6. The molecule has 2 nitrogen and oxygen atoms in total. The molecule has 1 aliphatic carbocycles. The molecule has 16 heavy (non-hydrogen) atoms. The van der Waals surface area contributed by atoms with Gasteiger partial charge in [0, 0.05) is 10.9 Å². The molecule has 84 valence electrons. The van der Waals surface area contributed by atoms with E-state index in [1.807, 2.05) is 6.07 Å². The van der Waals surface area contributed by atoms with Crippen molar-refractivity contribution < 1.29 is 4.42 Å². The summed E-state index contributed by atoms with van der Waals surface area (Å²) in [6.45, 7) is 0. The van der Waals surface area contributed by atoms with Crippen LogP contribution in [-0.2, 0) is 6.42 Å². The van der Waals surface area contributed by atoms with E-state index in [-0.39, 0.29) is 5.54 Å². The van der Waals surface area contributed by atoms with Crippen LogP contribution in [0.5, 0.6) is 0 Å². The van der Waals surface area contributed by atoms with Crippen molar-refractivity contribution in [2.75, 3.05) is 0 Å². The van der Waals surface area contributed by atoms with E-state index >= 15 is 0 Å². The minimum atomic E-state index is 0.141. The first-order valence-electron chi connectivity index (χ1n) is 5.61. The largest absolute Gasteiger partial charge is 0.463 e. The van der Waals surface area contributed by atoms with Crippen molar-refractivity contribution in [3.05, 3.63) is 34.5 Å². The smallest absolute Gasteiger partial charge is 0.135 e. The quantitative estimate of drug-likeness (QED) is 0.932. The zero-order chi connectivity index (χ0) is 11.2. The topological polar surface area (TPSA) is 39.2 Å². The third-order valence-corrected chi connectivity index (χ3v) is 4.01. The molecular weight excluding hydrogens is 266 g/mol. The number of hydrogen-bond acceptors (Lipinski definition) is 2. The van der Waals surface area contributed by atoms with E-state index in [4.69, 9.17) is 10.2 Å². The summed E-state index contributed by atoms with van der Waals surface area (Å²) in [6, 6.07) is 6.35. The summed E-state index contributed by atoms with van der Waals surface area (Å²) in [5.41, 5.74) is 8.50. The second kappa shape index (κ2) is 3.60. The highest BCUT2D eigenvalue weighted by Gasteiger charge is 2.37. The van der Waals surface area contributed by atoms with Gasteiger partial charge in [0.2, 0.25) is 0 Å². The van der Waals surface area contributed by atoms with E-state index in [1.54, 1.807) is 6.26 Å². The lowest BCUT2D eigenvalue weighted by atomic mass is 10.0. The van der Waals surface area contributed by atoms with Crippen molar-refractivity contribution in [1.29, 1.82) is 0 Å². The van der Waals surface area contributed by atoms with Crippen molar-refractivity contribution >= 4 is 26.9 Å². The van der Waals surface area contributed by atoms with E-state index in [1.165, 1.54) is 18.4 Å². The lowest BCUT2D eigenvalue weighted by Crippen LogP contribution is -2.22. The van der Waals surface area contributed by atoms with Crippen molar-refractivity contribution in [3.8, 4) is 0 Å². The Morgan fingerprint density at radius 1 is 1.38 bits per heavy atom. The second-order valence-corrected chi connectivity index (χ2v) is 5.63. The first-order chi connectivity index (χ1) is 7.66. The Labute approximate surface area is 103 Å². The maximum absolute atomic E-state index is 6.09. The van der Waals surface area contributed by atoms with Gasteiger partial charge in [0.25, 0.3) is 0 Å². The normalized spacial score (nSPS) is 17.9. The van der Waals surface area contributed by atoms with E-state index in [0.29, 0.717) is 0 Å². The summed E-state index contributed by atoms with van der Waals surface area (Å²) >= 11 is 3.49.